The first-order chi connectivity index (χ1) is 10.0. The highest BCUT2D eigenvalue weighted by molar-refractivity contribution is 9.10. The summed E-state index contributed by atoms with van der Waals surface area (Å²) >= 11 is 4.82. The lowest BCUT2D eigenvalue weighted by atomic mass is 10.2. The van der Waals surface area contributed by atoms with E-state index in [1.165, 1.54) is 11.3 Å². The highest BCUT2D eigenvalue weighted by Gasteiger charge is 2.17. The quantitative estimate of drug-likeness (QED) is 0.682. The van der Waals surface area contributed by atoms with Crippen LogP contribution in [-0.4, -0.2) is 18.4 Å². The van der Waals surface area contributed by atoms with E-state index < -0.39 is 0 Å². The van der Waals surface area contributed by atoms with Crippen molar-refractivity contribution in [1.29, 1.82) is 0 Å². The number of rotatable bonds is 6. The summed E-state index contributed by atoms with van der Waals surface area (Å²) in [6, 6.07) is 5.75. The molecular formula is C14H16BrN3O2S. The Bertz CT molecular complexity index is 684. The zero-order valence-electron chi connectivity index (χ0n) is 11.3. The van der Waals surface area contributed by atoms with Crippen molar-refractivity contribution in [2.75, 3.05) is 12.3 Å². The molecule has 2 amide bonds. The van der Waals surface area contributed by atoms with Gasteiger partial charge in [-0.1, -0.05) is 22.0 Å². The fourth-order valence-electron chi connectivity index (χ4n) is 2.00. The number of nitrogens with two attached hydrogens (primary N) is 2. The smallest absolute Gasteiger partial charge is 0.263 e. The molecular weight excluding hydrogens is 354 g/mol. The number of benzene rings is 1. The summed E-state index contributed by atoms with van der Waals surface area (Å²) in [7, 11) is 0. The molecule has 5 nitrogen and oxygen atoms in total. The van der Waals surface area contributed by atoms with Gasteiger partial charge in [0.2, 0.25) is 5.91 Å². The number of hydrogen-bond acceptors (Lipinski definition) is 4. The molecule has 0 saturated carbocycles. The lowest BCUT2D eigenvalue weighted by Crippen LogP contribution is -2.24. The fraction of sp³-hybridized carbons (Fsp3) is 0.286. The van der Waals surface area contributed by atoms with Crippen LogP contribution in [0.3, 0.4) is 0 Å². The van der Waals surface area contributed by atoms with Gasteiger partial charge in [0, 0.05) is 27.5 Å². The van der Waals surface area contributed by atoms with E-state index in [0.717, 1.165) is 14.6 Å². The largest absolute Gasteiger partial charge is 0.397 e. The highest BCUT2D eigenvalue weighted by Crippen LogP contribution is 2.37. The lowest BCUT2D eigenvalue weighted by molar-refractivity contribution is -0.118. The van der Waals surface area contributed by atoms with Crippen LogP contribution in [0, 0.1) is 0 Å². The molecule has 2 rings (SSSR count). The number of primary amides is 1. The summed E-state index contributed by atoms with van der Waals surface area (Å²) in [5.41, 5.74) is 11.6. The third-order valence-corrected chi connectivity index (χ3v) is 4.87. The maximum absolute atomic E-state index is 12.2. The van der Waals surface area contributed by atoms with Crippen LogP contribution >= 0.6 is 27.3 Å². The second-order valence-corrected chi connectivity index (χ2v) is 6.54. The summed E-state index contributed by atoms with van der Waals surface area (Å²) in [6.45, 7) is 0.501. The van der Waals surface area contributed by atoms with Gasteiger partial charge < -0.3 is 16.8 Å². The predicted octanol–water partition coefficient (Wildman–Crippen LogP) is 2.63. The van der Waals surface area contributed by atoms with Gasteiger partial charge in [-0.3, -0.25) is 9.59 Å². The SMILES string of the molecule is NC(=O)CCCCNC(=O)c1sc2cccc(Br)c2c1N. The van der Waals surface area contributed by atoms with Gasteiger partial charge >= 0.3 is 0 Å². The second kappa shape index (κ2) is 6.91. The molecule has 0 fully saturated rings. The van der Waals surface area contributed by atoms with Crippen LogP contribution in [0.4, 0.5) is 5.69 Å². The minimum absolute atomic E-state index is 0.181. The minimum Gasteiger partial charge on any atom is -0.397 e. The Morgan fingerprint density at radius 1 is 1.29 bits per heavy atom. The molecule has 0 radical (unpaired) electrons. The molecule has 5 N–H and O–H groups in total. The van der Waals surface area contributed by atoms with Crippen LogP contribution in [0.25, 0.3) is 10.1 Å². The first-order valence-electron chi connectivity index (χ1n) is 6.53. The number of anilines is 1. The number of carbonyl (C=O) groups is 2. The normalized spacial score (nSPS) is 10.7. The Morgan fingerprint density at radius 3 is 2.71 bits per heavy atom. The van der Waals surface area contributed by atoms with Gasteiger partial charge in [0.1, 0.15) is 4.88 Å². The Balaban J connectivity index is 2.01. The van der Waals surface area contributed by atoms with Gasteiger partial charge in [-0.05, 0) is 25.0 Å². The second-order valence-electron chi connectivity index (χ2n) is 4.64. The zero-order chi connectivity index (χ0) is 15.4. The van der Waals surface area contributed by atoms with Crippen molar-refractivity contribution in [3.05, 3.63) is 27.5 Å². The number of thiophene rings is 1. The van der Waals surface area contributed by atoms with Crippen LogP contribution in [-0.2, 0) is 4.79 Å². The number of nitrogens with one attached hydrogen (secondary N) is 1. The number of nitrogen functional groups attached to an aromatic ring is 1. The molecule has 21 heavy (non-hydrogen) atoms. The molecule has 0 atom stereocenters. The summed E-state index contributed by atoms with van der Waals surface area (Å²) in [5, 5.41) is 3.69. The van der Waals surface area contributed by atoms with Gasteiger partial charge in [-0.2, -0.15) is 0 Å². The Kier molecular flexibility index (Phi) is 5.19. The monoisotopic (exact) mass is 369 g/mol. The number of unbranched alkanes of at least 4 members (excludes halogenated alkanes) is 1. The first-order valence-corrected chi connectivity index (χ1v) is 8.14. The van der Waals surface area contributed by atoms with Gasteiger partial charge in [-0.25, -0.2) is 0 Å². The van der Waals surface area contributed by atoms with Crippen LogP contribution in [0.2, 0.25) is 0 Å². The first kappa shape index (κ1) is 15.8. The molecule has 0 spiro atoms. The molecule has 0 aliphatic heterocycles. The van der Waals surface area contributed by atoms with Crippen molar-refractivity contribution in [2.24, 2.45) is 5.73 Å². The van der Waals surface area contributed by atoms with Gasteiger partial charge in [0.05, 0.1) is 5.69 Å². The Labute approximate surface area is 134 Å². The average molecular weight is 370 g/mol. The summed E-state index contributed by atoms with van der Waals surface area (Å²) < 4.78 is 1.86. The number of carbonyl (C=O) groups excluding carboxylic acids is 2. The van der Waals surface area contributed by atoms with E-state index in [9.17, 15) is 9.59 Å². The van der Waals surface area contributed by atoms with Crippen molar-refractivity contribution in [1.82, 2.24) is 5.32 Å². The van der Waals surface area contributed by atoms with Crippen LogP contribution < -0.4 is 16.8 Å². The fourth-order valence-corrected chi connectivity index (χ4v) is 3.78. The zero-order valence-corrected chi connectivity index (χ0v) is 13.7. The van der Waals surface area contributed by atoms with E-state index in [0.29, 0.717) is 36.4 Å². The molecule has 7 heteroatoms. The van der Waals surface area contributed by atoms with Gasteiger partial charge in [0.25, 0.3) is 5.91 Å². The summed E-state index contributed by atoms with van der Waals surface area (Å²) in [4.78, 5) is 23.3. The Morgan fingerprint density at radius 2 is 2.05 bits per heavy atom. The molecule has 1 aromatic carbocycles. The number of halogens is 1. The third-order valence-electron chi connectivity index (χ3n) is 3.04. The standard InChI is InChI=1S/C14H16BrN3O2S/c15-8-4-3-5-9-11(8)12(17)13(21-9)14(20)18-7-2-1-6-10(16)19/h3-5H,1-2,6-7,17H2,(H2,16,19)(H,18,20). The highest BCUT2D eigenvalue weighted by atomic mass is 79.9. The van der Waals surface area contributed by atoms with Crippen molar-refractivity contribution < 1.29 is 9.59 Å². The lowest BCUT2D eigenvalue weighted by Gasteiger charge is -2.04. The van der Waals surface area contributed by atoms with Crippen molar-refractivity contribution >= 4 is 54.9 Å². The van der Waals surface area contributed by atoms with E-state index in [2.05, 4.69) is 21.2 Å². The topological polar surface area (TPSA) is 98.2 Å². The van der Waals surface area contributed by atoms with Crippen LogP contribution in [0.1, 0.15) is 28.9 Å². The molecule has 0 aliphatic carbocycles. The van der Waals surface area contributed by atoms with Crippen molar-refractivity contribution in [3.8, 4) is 0 Å². The third kappa shape index (κ3) is 3.74. The van der Waals surface area contributed by atoms with Crippen molar-refractivity contribution in [3.63, 3.8) is 0 Å². The summed E-state index contributed by atoms with van der Waals surface area (Å²) in [6.07, 6.45) is 1.72. The molecule has 1 aromatic heterocycles. The predicted molar refractivity (Wildman–Crippen MR) is 89.3 cm³/mol. The van der Waals surface area contributed by atoms with E-state index >= 15 is 0 Å². The number of amides is 2. The van der Waals surface area contributed by atoms with E-state index in [1.54, 1.807) is 0 Å². The van der Waals surface area contributed by atoms with Crippen molar-refractivity contribution in [2.45, 2.75) is 19.3 Å². The molecule has 112 valence electrons. The Hall–Kier alpha value is -1.60. The average Bonchev–Trinajstić information content (AvgIpc) is 2.76. The molecule has 1 heterocycles. The van der Waals surface area contributed by atoms with E-state index in [1.807, 2.05) is 18.2 Å². The molecule has 0 saturated heterocycles. The summed E-state index contributed by atoms with van der Waals surface area (Å²) in [5.74, 6) is -0.500. The number of fused-ring (bicyclic) bond motifs is 1. The molecule has 0 aliphatic rings. The molecule has 0 bridgehead atoms. The molecule has 0 unspecified atom stereocenters. The minimum atomic E-state index is -0.320. The molecule has 2 aromatic rings. The van der Waals surface area contributed by atoms with Crippen LogP contribution in [0.5, 0.6) is 0 Å². The van der Waals surface area contributed by atoms with Gasteiger partial charge in [-0.15, -0.1) is 11.3 Å². The van der Waals surface area contributed by atoms with E-state index in [4.69, 9.17) is 11.5 Å². The van der Waals surface area contributed by atoms with Crippen LogP contribution in [0.15, 0.2) is 22.7 Å². The maximum atomic E-state index is 12.2. The van der Waals surface area contributed by atoms with Gasteiger partial charge in [0.15, 0.2) is 0 Å². The maximum Gasteiger partial charge on any atom is 0.263 e. The number of hydrogen-bond donors (Lipinski definition) is 3. The van der Waals surface area contributed by atoms with E-state index in [-0.39, 0.29) is 11.8 Å².